The van der Waals surface area contributed by atoms with E-state index in [-0.39, 0.29) is 26.2 Å². The van der Waals surface area contributed by atoms with Crippen LogP contribution in [-0.2, 0) is 41.8 Å². The highest BCUT2D eigenvalue weighted by Crippen LogP contribution is 2.50. The van der Waals surface area contributed by atoms with Gasteiger partial charge >= 0.3 is 17.9 Å². The van der Waals surface area contributed by atoms with Crippen molar-refractivity contribution in [1.82, 2.24) is 9.80 Å². The number of aliphatic carboxylic acids is 2. The van der Waals surface area contributed by atoms with Gasteiger partial charge in [0.15, 0.2) is 0 Å². The van der Waals surface area contributed by atoms with E-state index in [1.54, 1.807) is 24.3 Å². The van der Waals surface area contributed by atoms with Crippen LogP contribution in [-0.4, -0.2) is 68.9 Å². The third-order valence-electron chi connectivity index (χ3n) is 10.9. The molecule has 1 unspecified atom stereocenters. The zero-order valence-corrected chi connectivity index (χ0v) is 32.8. The molecule has 4 aromatic rings. The number of carbonyl (C=O) groups is 5. The molecule has 2 N–H and O–H groups in total. The Kier molecular flexibility index (Phi) is 13.8. The van der Waals surface area contributed by atoms with E-state index < -0.39 is 65.4 Å². The molecule has 0 aromatic heterocycles. The Labute approximate surface area is 338 Å². The first-order valence-electron chi connectivity index (χ1n) is 19.9. The van der Waals surface area contributed by atoms with Gasteiger partial charge in [-0.25, -0.2) is 4.79 Å². The molecule has 2 saturated carbocycles. The van der Waals surface area contributed by atoms with Crippen LogP contribution < -0.4 is 9.47 Å². The predicted octanol–water partition coefficient (Wildman–Crippen LogP) is 7.81. The molecule has 2 amide bonds. The molecular formula is C46H50N2O10. The van der Waals surface area contributed by atoms with Crippen LogP contribution in [0.15, 0.2) is 109 Å². The molecule has 0 spiro atoms. The van der Waals surface area contributed by atoms with Gasteiger partial charge in [-0.15, -0.1) is 0 Å². The summed E-state index contributed by atoms with van der Waals surface area (Å²) in [5.74, 6) is -8.88. The summed E-state index contributed by atoms with van der Waals surface area (Å²) in [6, 6.07) is 33.0. The van der Waals surface area contributed by atoms with Crippen LogP contribution in [0.2, 0.25) is 0 Å². The zero-order chi connectivity index (χ0) is 41.2. The van der Waals surface area contributed by atoms with Gasteiger partial charge in [0.1, 0.15) is 23.0 Å². The average molecular weight is 791 g/mol. The third kappa shape index (κ3) is 9.85. The van der Waals surface area contributed by atoms with Gasteiger partial charge in [-0.3, -0.25) is 19.2 Å². The minimum Gasteiger partial charge on any atom is -0.481 e. The van der Waals surface area contributed by atoms with Crippen molar-refractivity contribution >= 4 is 29.7 Å². The third-order valence-corrected chi connectivity index (χ3v) is 10.9. The Bertz CT molecular complexity index is 2020. The summed E-state index contributed by atoms with van der Waals surface area (Å²) in [7, 11) is 0. The standard InChI is InChI=1S/C46H50N2O10/c1-3-26-47(28-30-18-22-35(23-19-30)56-33-14-7-5-8-15-33)42(49)37-38(40(39(37)44(51)52)46(55)58-41(45(53)54)32-12-11-13-32)43(50)48(27-4-2)29-31-20-24-36(25-21-31)57-34-16-9-6-10-17-34/h5-10,14-25,32,37-41H,3-4,11-13,26-29H2,1-2H3,(H,51,52)(H,53,54)/t37-,38-,39-,40-,41?/m0/s1. The zero-order valence-electron chi connectivity index (χ0n) is 32.8. The molecule has 304 valence electrons. The van der Waals surface area contributed by atoms with E-state index in [4.69, 9.17) is 14.2 Å². The molecule has 4 aromatic carbocycles. The minimum atomic E-state index is -1.61. The van der Waals surface area contributed by atoms with E-state index in [2.05, 4.69) is 0 Å². The van der Waals surface area contributed by atoms with Gasteiger partial charge < -0.3 is 34.2 Å². The summed E-state index contributed by atoms with van der Waals surface area (Å²) in [5, 5.41) is 20.6. The molecule has 6 rings (SSSR count). The minimum absolute atomic E-state index is 0.116. The van der Waals surface area contributed by atoms with Crippen LogP contribution in [0.4, 0.5) is 0 Å². The second kappa shape index (κ2) is 19.3. The highest BCUT2D eigenvalue weighted by atomic mass is 16.6. The number of benzene rings is 4. The molecule has 5 atom stereocenters. The largest absolute Gasteiger partial charge is 0.481 e. The molecule has 58 heavy (non-hydrogen) atoms. The maximum Gasteiger partial charge on any atom is 0.345 e. The Morgan fingerprint density at radius 1 is 0.586 bits per heavy atom. The lowest BCUT2D eigenvalue weighted by Gasteiger charge is -2.49. The summed E-state index contributed by atoms with van der Waals surface area (Å²) < 4.78 is 17.4. The lowest BCUT2D eigenvalue weighted by atomic mass is 9.55. The van der Waals surface area contributed by atoms with Gasteiger partial charge in [0, 0.05) is 32.1 Å². The first-order chi connectivity index (χ1) is 28.1. The molecule has 0 radical (unpaired) electrons. The molecule has 0 bridgehead atoms. The van der Waals surface area contributed by atoms with E-state index in [9.17, 15) is 34.2 Å². The number of rotatable bonds is 19. The topological polar surface area (TPSA) is 160 Å². The smallest absolute Gasteiger partial charge is 0.345 e. The Morgan fingerprint density at radius 3 is 1.36 bits per heavy atom. The number of carboxylic acid groups (broad SMARTS) is 2. The fourth-order valence-electron chi connectivity index (χ4n) is 7.77. The summed E-state index contributed by atoms with van der Waals surface area (Å²) in [5.41, 5.74) is 1.51. The summed E-state index contributed by atoms with van der Waals surface area (Å²) in [4.78, 5) is 71.7. The maximum absolute atomic E-state index is 14.8. The number of esters is 1. The van der Waals surface area contributed by atoms with E-state index in [1.807, 2.05) is 98.8 Å². The van der Waals surface area contributed by atoms with Crippen molar-refractivity contribution in [1.29, 1.82) is 0 Å². The van der Waals surface area contributed by atoms with Crippen LogP contribution in [0.25, 0.3) is 0 Å². The van der Waals surface area contributed by atoms with E-state index in [0.29, 0.717) is 48.7 Å². The number of para-hydroxylation sites is 2. The van der Waals surface area contributed by atoms with Crippen LogP contribution in [0, 0.1) is 29.6 Å². The SMILES string of the molecule is CCCN(Cc1ccc(Oc2ccccc2)cc1)C(=O)[C@@H]1[C@H](C(=O)O)[C@@H](C(=O)OC(C(=O)O)C2CCC2)[C@H]1C(=O)N(CCC)Cc1ccc(Oc2ccccc2)cc1. The maximum atomic E-state index is 14.8. The lowest BCUT2D eigenvalue weighted by Crippen LogP contribution is -2.65. The van der Waals surface area contributed by atoms with Gasteiger partial charge in [0.05, 0.1) is 23.7 Å². The number of amides is 2. The van der Waals surface area contributed by atoms with Gasteiger partial charge in [0.25, 0.3) is 0 Å². The fraction of sp³-hybridized carbons (Fsp3) is 0.370. The van der Waals surface area contributed by atoms with Gasteiger partial charge in [-0.2, -0.15) is 0 Å². The van der Waals surface area contributed by atoms with Crippen LogP contribution in [0.1, 0.15) is 57.1 Å². The molecule has 2 aliphatic carbocycles. The van der Waals surface area contributed by atoms with Crippen molar-refractivity contribution in [2.75, 3.05) is 13.1 Å². The fourth-order valence-corrected chi connectivity index (χ4v) is 7.77. The Hall–Kier alpha value is -6.17. The van der Waals surface area contributed by atoms with Crippen molar-refractivity contribution in [2.45, 2.75) is 65.1 Å². The first-order valence-corrected chi connectivity index (χ1v) is 19.9. The first kappa shape index (κ1) is 41.5. The van der Waals surface area contributed by atoms with Gasteiger partial charge in [0.2, 0.25) is 17.9 Å². The summed E-state index contributed by atoms with van der Waals surface area (Å²) in [6.45, 7) is 4.54. The number of nitrogens with zero attached hydrogens (tertiary/aromatic N) is 2. The highest BCUT2D eigenvalue weighted by molar-refractivity contribution is 6.00. The van der Waals surface area contributed by atoms with Crippen LogP contribution >= 0.6 is 0 Å². The number of carbonyl (C=O) groups excluding carboxylic acids is 3. The molecule has 0 aliphatic heterocycles. The predicted molar refractivity (Wildman–Crippen MR) is 214 cm³/mol. The number of ether oxygens (including phenoxy) is 3. The molecule has 0 saturated heterocycles. The molecule has 12 nitrogen and oxygen atoms in total. The van der Waals surface area contributed by atoms with Crippen LogP contribution in [0.3, 0.4) is 0 Å². The van der Waals surface area contributed by atoms with Crippen molar-refractivity contribution in [3.05, 3.63) is 120 Å². The van der Waals surface area contributed by atoms with Crippen molar-refractivity contribution in [3.8, 4) is 23.0 Å². The van der Waals surface area contributed by atoms with Crippen LogP contribution in [0.5, 0.6) is 23.0 Å². The quantitative estimate of drug-likeness (QED) is 0.0897. The summed E-state index contributed by atoms with van der Waals surface area (Å²) in [6.07, 6.45) is 1.49. The highest BCUT2D eigenvalue weighted by Gasteiger charge is 2.65. The molecule has 0 heterocycles. The number of hydrogen-bond donors (Lipinski definition) is 2. The second-order valence-electron chi connectivity index (χ2n) is 15.0. The van der Waals surface area contributed by atoms with Gasteiger partial charge in [-0.1, -0.05) is 80.9 Å². The Morgan fingerprint density at radius 2 is 1.00 bits per heavy atom. The average Bonchev–Trinajstić information content (AvgIpc) is 3.18. The number of carboxylic acids is 2. The monoisotopic (exact) mass is 790 g/mol. The number of hydrogen-bond acceptors (Lipinski definition) is 8. The summed E-state index contributed by atoms with van der Waals surface area (Å²) >= 11 is 0. The molecule has 2 fully saturated rings. The van der Waals surface area contributed by atoms with E-state index >= 15 is 0 Å². The second-order valence-corrected chi connectivity index (χ2v) is 15.0. The van der Waals surface area contributed by atoms with Crippen molar-refractivity contribution < 1.29 is 48.4 Å². The molecule has 2 aliphatic rings. The van der Waals surface area contributed by atoms with Crippen molar-refractivity contribution in [3.63, 3.8) is 0 Å². The molecular weight excluding hydrogens is 741 g/mol. The van der Waals surface area contributed by atoms with Gasteiger partial charge in [-0.05, 0) is 85.3 Å². The van der Waals surface area contributed by atoms with Crippen molar-refractivity contribution in [2.24, 2.45) is 29.6 Å². The van der Waals surface area contributed by atoms with E-state index in [0.717, 1.165) is 17.5 Å². The Balaban J connectivity index is 1.27. The lowest BCUT2D eigenvalue weighted by molar-refractivity contribution is -0.197. The van der Waals surface area contributed by atoms with E-state index in [1.165, 1.54) is 9.80 Å². The molecule has 12 heteroatoms. The normalized spacial score (nSPS) is 19.1.